The van der Waals surface area contributed by atoms with Crippen LogP contribution in [0.5, 0.6) is 5.75 Å². The summed E-state index contributed by atoms with van der Waals surface area (Å²) in [6, 6.07) is 4.81. The lowest BCUT2D eigenvalue weighted by Crippen LogP contribution is -1.80. The Morgan fingerprint density at radius 2 is 2.23 bits per heavy atom. The van der Waals surface area contributed by atoms with Crippen molar-refractivity contribution in [2.75, 3.05) is 0 Å². The van der Waals surface area contributed by atoms with E-state index in [4.69, 9.17) is 11.6 Å². The maximum atomic E-state index is 10.6. The molecule has 0 aliphatic heterocycles. The van der Waals surface area contributed by atoms with E-state index in [0.717, 1.165) is 5.56 Å². The lowest BCUT2D eigenvalue weighted by molar-refractivity contribution is -0.112. The van der Waals surface area contributed by atoms with Crippen LogP contribution in [0, 0.1) is 0 Å². The fraction of sp³-hybridized carbons (Fsp3) is 0.100. The van der Waals surface area contributed by atoms with Gasteiger partial charge in [-0.05, 0) is 30.7 Å². The minimum Gasteiger partial charge on any atom is -0.506 e. The van der Waals surface area contributed by atoms with Gasteiger partial charge < -0.3 is 5.11 Å². The number of hydrogen-bond donors (Lipinski definition) is 1. The predicted octanol–water partition coefficient (Wildman–Crippen LogP) is 2.65. The van der Waals surface area contributed by atoms with Gasteiger partial charge in [0.05, 0.1) is 5.02 Å². The van der Waals surface area contributed by atoms with E-state index in [2.05, 4.69) is 0 Å². The average molecular weight is 197 g/mol. The van der Waals surface area contributed by atoms with Crippen molar-refractivity contribution in [1.29, 1.82) is 0 Å². The summed E-state index contributed by atoms with van der Waals surface area (Å²) in [5.41, 5.74) is 0.747. The molecule has 13 heavy (non-hydrogen) atoms. The molecule has 3 heteroatoms. The molecule has 0 saturated heterocycles. The quantitative estimate of drug-likeness (QED) is 0.739. The fourth-order valence-electron chi connectivity index (χ4n) is 0.847. The summed E-state index contributed by atoms with van der Waals surface area (Å²) in [4.78, 5) is 10.6. The van der Waals surface area contributed by atoms with Crippen LogP contribution in [0.2, 0.25) is 5.02 Å². The van der Waals surface area contributed by atoms with Gasteiger partial charge >= 0.3 is 0 Å². The molecule has 0 aliphatic rings. The number of ketones is 1. The first-order valence-electron chi connectivity index (χ1n) is 3.77. The van der Waals surface area contributed by atoms with E-state index in [1.165, 1.54) is 19.1 Å². The largest absolute Gasteiger partial charge is 0.506 e. The molecule has 1 N–H and O–H groups in total. The first-order valence-corrected chi connectivity index (χ1v) is 4.14. The van der Waals surface area contributed by atoms with Crippen molar-refractivity contribution in [3.63, 3.8) is 0 Å². The van der Waals surface area contributed by atoms with E-state index in [1.807, 2.05) is 0 Å². The highest BCUT2D eigenvalue weighted by molar-refractivity contribution is 6.32. The molecule has 0 atom stereocenters. The number of rotatable bonds is 2. The molecular weight excluding hydrogens is 188 g/mol. The number of allylic oxidation sites excluding steroid dienone is 1. The maximum absolute atomic E-state index is 10.6. The van der Waals surface area contributed by atoms with Crippen LogP contribution in [0.25, 0.3) is 6.08 Å². The topological polar surface area (TPSA) is 37.3 Å². The van der Waals surface area contributed by atoms with Gasteiger partial charge in [0.1, 0.15) is 5.75 Å². The number of phenols is 1. The van der Waals surface area contributed by atoms with Crippen molar-refractivity contribution in [1.82, 2.24) is 0 Å². The third kappa shape index (κ3) is 2.92. The molecule has 0 unspecified atom stereocenters. The first kappa shape index (κ1) is 9.81. The molecule has 0 aromatic heterocycles. The summed E-state index contributed by atoms with van der Waals surface area (Å²) < 4.78 is 0. The zero-order chi connectivity index (χ0) is 9.84. The van der Waals surface area contributed by atoms with Crippen LogP contribution < -0.4 is 0 Å². The lowest BCUT2D eigenvalue weighted by Gasteiger charge is -1.97. The molecule has 2 nitrogen and oxygen atoms in total. The summed E-state index contributed by atoms with van der Waals surface area (Å²) in [6.45, 7) is 1.46. The molecule has 0 bridgehead atoms. The Labute approximate surface area is 81.5 Å². The highest BCUT2D eigenvalue weighted by Crippen LogP contribution is 2.24. The second-order valence-corrected chi connectivity index (χ2v) is 3.06. The fourth-order valence-corrected chi connectivity index (χ4v) is 0.964. The van der Waals surface area contributed by atoms with E-state index in [0.29, 0.717) is 5.02 Å². The highest BCUT2D eigenvalue weighted by atomic mass is 35.5. The SMILES string of the molecule is CC(=O)C=Cc1ccc(Cl)c(O)c1. The first-order chi connectivity index (χ1) is 6.09. The second kappa shape index (κ2) is 4.10. The van der Waals surface area contributed by atoms with Gasteiger partial charge in [-0.25, -0.2) is 0 Å². The van der Waals surface area contributed by atoms with Crippen LogP contribution in [-0.4, -0.2) is 10.9 Å². The van der Waals surface area contributed by atoms with Gasteiger partial charge in [0.2, 0.25) is 0 Å². The Morgan fingerprint density at radius 3 is 2.77 bits per heavy atom. The van der Waals surface area contributed by atoms with E-state index in [1.54, 1.807) is 18.2 Å². The van der Waals surface area contributed by atoms with Crippen molar-refractivity contribution in [3.05, 3.63) is 34.9 Å². The highest BCUT2D eigenvalue weighted by Gasteiger charge is 1.96. The molecule has 1 aromatic rings. The minimum absolute atomic E-state index is 0.0207. The van der Waals surface area contributed by atoms with Crippen LogP contribution in [0.15, 0.2) is 24.3 Å². The van der Waals surface area contributed by atoms with Gasteiger partial charge in [-0.3, -0.25) is 4.79 Å². The van der Waals surface area contributed by atoms with Crippen LogP contribution in [0.1, 0.15) is 12.5 Å². The molecule has 0 saturated carbocycles. The Hall–Kier alpha value is -1.28. The minimum atomic E-state index is -0.0329. The summed E-state index contributed by atoms with van der Waals surface area (Å²) in [7, 11) is 0. The number of phenolic OH excluding ortho intramolecular Hbond substituents is 1. The molecule has 0 fully saturated rings. The molecule has 1 rings (SSSR count). The Morgan fingerprint density at radius 1 is 1.54 bits per heavy atom. The van der Waals surface area contributed by atoms with Crippen molar-refractivity contribution in [3.8, 4) is 5.75 Å². The zero-order valence-corrected chi connectivity index (χ0v) is 7.88. The Bertz CT molecular complexity index is 356. The standard InChI is InChI=1S/C10H9ClO2/c1-7(12)2-3-8-4-5-9(11)10(13)6-8/h2-6,13H,1H3. The van der Waals surface area contributed by atoms with Crippen molar-refractivity contribution >= 4 is 23.5 Å². The van der Waals surface area contributed by atoms with Gasteiger partial charge in [0, 0.05) is 0 Å². The Kier molecular flexibility index (Phi) is 3.09. The number of aromatic hydroxyl groups is 1. The number of carbonyl (C=O) groups is 1. The van der Waals surface area contributed by atoms with Gasteiger partial charge in [-0.15, -0.1) is 0 Å². The molecule has 0 aliphatic carbocycles. The van der Waals surface area contributed by atoms with Crippen molar-refractivity contribution < 1.29 is 9.90 Å². The smallest absolute Gasteiger partial charge is 0.152 e. The number of benzene rings is 1. The number of halogens is 1. The molecule has 0 amide bonds. The van der Waals surface area contributed by atoms with Crippen molar-refractivity contribution in [2.24, 2.45) is 0 Å². The summed E-state index contributed by atoms with van der Waals surface area (Å²) in [5.74, 6) is -0.0122. The Balaban J connectivity index is 2.92. The zero-order valence-electron chi connectivity index (χ0n) is 7.12. The third-order valence-electron chi connectivity index (χ3n) is 1.48. The van der Waals surface area contributed by atoms with Gasteiger partial charge in [-0.2, -0.15) is 0 Å². The number of hydrogen-bond acceptors (Lipinski definition) is 2. The van der Waals surface area contributed by atoms with Crippen LogP contribution in [0.3, 0.4) is 0 Å². The second-order valence-electron chi connectivity index (χ2n) is 2.65. The van der Waals surface area contributed by atoms with E-state index < -0.39 is 0 Å². The predicted molar refractivity (Wildman–Crippen MR) is 52.8 cm³/mol. The average Bonchev–Trinajstić information content (AvgIpc) is 2.07. The van der Waals surface area contributed by atoms with Crippen LogP contribution in [0.4, 0.5) is 0 Å². The van der Waals surface area contributed by atoms with Crippen LogP contribution in [-0.2, 0) is 4.79 Å². The molecule has 0 heterocycles. The molecule has 1 aromatic carbocycles. The maximum Gasteiger partial charge on any atom is 0.152 e. The van der Waals surface area contributed by atoms with E-state index in [9.17, 15) is 9.90 Å². The summed E-state index contributed by atoms with van der Waals surface area (Å²) in [5, 5.41) is 9.52. The van der Waals surface area contributed by atoms with Crippen molar-refractivity contribution in [2.45, 2.75) is 6.92 Å². The normalized spacial score (nSPS) is 10.6. The van der Waals surface area contributed by atoms with E-state index in [-0.39, 0.29) is 11.5 Å². The van der Waals surface area contributed by atoms with Crippen LogP contribution >= 0.6 is 11.6 Å². The third-order valence-corrected chi connectivity index (χ3v) is 1.80. The summed E-state index contributed by atoms with van der Waals surface area (Å²) in [6.07, 6.45) is 3.06. The molecular formula is C10H9ClO2. The van der Waals surface area contributed by atoms with Gasteiger partial charge in [0.25, 0.3) is 0 Å². The van der Waals surface area contributed by atoms with Gasteiger partial charge in [0.15, 0.2) is 5.78 Å². The molecule has 0 spiro atoms. The monoisotopic (exact) mass is 196 g/mol. The molecule has 0 radical (unpaired) electrons. The summed E-state index contributed by atoms with van der Waals surface area (Å²) >= 11 is 5.60. The molecule has 68 valence electrons. The van der Waals surface area contributed by atoms with Gasteiger partial charge in [-0.1, -0.05) is 23.7 Å². The lowest BCUT2D eigenvalue weighted by atomic mass is 10.2. The number of carbonyl (C=O) groups excluding carboxylic acids is 1. The van der Waals surface area contributed by atoms with E-state index >= 15 is 0 Å².